The third-order valence-electron chi connectivity index (χ3n) is 3.01. The van der Waals surface area contributed by atoms with Gasteiger partial charge in [0.15, 0.2) is 0 Å². The largest absolute Gasteiger partial charge is 0.317 e. The molecule has 1 atom stereocenters. The van der Waals surface area contributed by atoms with E-state index in [0.29, 0.717) is 6.04 Å². The van der Waals surface area contributed by atoms with Gasteiger partial charge in [0.2, 0.25) is 0 Å². The Balaban J connectivity index is 2.21. The molecular weight excluding hydrogens is 172 g/mol. The highest BCUT2D eigenvalue weighted by molar-refractivity contribution is 4.85. The quantitative estimate of drug-likeness (QED) is 0.674. The van der Waals surface area contributed by atoms with Crippen LogP contribution in [0.4, 0.5) is 0 Å². The Morgan fingerprint density at radius 3 is 2.36 bits per heavy atom. The van der Waals surface area contributed by atoms with Crippen molar-refractivity contribution in [1.82, 2.24) is 10.2 Å². The van der Waals surface area contributed by atoms with Gasteiger partial charge in [0.05, 0.1) is 0 Å². The third-order valence-corrected chi connectivity index (χ3v) is 3.01. The van der Waals surface area contributed by atoms with Crippen molar-refractivity contribution < 1.29 is 0 Å². The van der Waals surface area contributed by atoms with E-state index in [-0.39, 0.29) is 0 Å². The standard InChI is InChI=1S/C12H26N2/c1-10(2)9-14(12-5-6-12)8-7-11(3)13-4/h10-13H,5-9H2,1-4H3. The second-order valence-electron chi connectivity index (χ2n) is 5.10. The molecular formula is C12H26N2. The molecule has 2 nitrogen and oxygen atoms in total. The van der Waals surface area contributed by atoms with E-state index in [1.165, 1.54) is 32.4 Å². The van der Waals surface area contributed by atoms with E-state index in [2.05, 4.69) is 38.0 Å². The maximum Gasteiger partial charge on any atom is 0.00965 e. The molecule has 0 heterocycles. The van der Waals surface area contributed by atoms with Gasteiger partial charge in [-0.05, 0) is 45.7 Å². The van der Waals surface area contributed by atoms with Crippen LogP contribution in [-0.2, 0) is 0 Å². The van der Waals surface area contributed by atoms with Crippen molar-refractivity contribution >= 4 is 0 Å². The minimum absolute atomic E-state index is 0.656. The van der Waals surface area contributed by atoms with Crippen molar-refractivity contribution in [2.24, 2.45) is 5.92 Å². The summed E-state index contributed by atoms with van der Waals surface area (Å²) < 4.78 is 0. The molecule has 14 heavy (non-hydrogen) atoms. The molecule has 0 aliphatic heterocycles. The Hall–Kier alpha value is -0.0800. The minimum Gasteiger partial charge on any atom is -0.317 e. The first kappa shape index (κ1) is 12.0. The summed E-state index contributed by atoms with van der Waals surface area (Å²) in [6, 6.07) is 1.57. The smallest absolute Gasteiger partial charge is 0.00965 e. The van der Waals surface area contributed by atoms with Crippen LogP contribution in [0.15, 0.2) is 0 Å². The van der Waals surface area contributed by atoms with Gasteiger partial charge < -0.3 is 10.2 Å². The molecule has 0 saturated heterocycles. The highest BCUT2D eigenvalue weighted by Gasteiger charge is 2.28. The van der Waals surface area contributed by atoms with E-state index in [1.807, 2.05) is 0 Å². The second-order valence-corrected chi connectivity index (χ2v) is 5.10. The predicted molar refractivity (Wildman–Crippen MR) is 62.6 cm³/mol. The minimum atomic E-state index is 0.656. The molecule has 0 aromatic carbocycles. The molecule has 0 aromatic rings. The van der Waals surface area contributed by atoms with Gasteiger partial charge in [-0.3, -0.25) is 0 Å². The maximum absolute atomic E-state index is 3.31. The third kappa shape index (κ3) is 4.43. The van der Waals surface area contributed by atoms with E-state index in [4.69, 9.17) is 0 Å². The van der Waals surface area contributed by atoms with E-state index in [0.717, 1.165) is 12.0 Å². The molecule has 2 heteroatoms. The van der Waals surface area contributed by atoms with Gasteiger partial charge in [-0.15, -0.1) is 0 Å². The summed E-state index contributed by atoms with van der Waals surface area (Å²) in [6.07, 6.45) is 4.14. The lowest BCUT2D eigenvalue weighted by Crippen LogP contribution is -2.34. The molecule has 1 fully saturated rings. The highest BCUT2D eigenvalue weighted by Crippen LogP contribution is 2.27. The van der Waals surface area contributed by atoms with Gasteiger partial charge >= 0.3 is 0 Å². The summed E-state index contributed by atoms with van der Waals surface area (Å²) in [6.45, 7) is 9.44. The molecule has 0 bridgehead atoms. The molecule has 0 aromatic heterocycles. The van der Waals surface area contributed by atoms with Crippen LogP contribution in [0.1, 0.15) is 40.0 Å². The molecule has 1 unspecified atom stereocenters. The average molecular weight is 198 g/mol. The van der Waals surface area contributed by atoms with Gasteiger partial charge in [0.1, 0.15) is 0 Å². The average Bonchev–Trinajstić information content (AvgIpc) is 2.94. The summed E-state index contributed by atoms with van der Waals surface area (Å²) in [5.41, 5.74) is 0. The predicted octanol–water partition coefficient (Wildman–Crippen LogP) is 2.10. The van der Waals surface area contributed by atoms with E-state index in [1.54, 1.807) is 0 Å². The summed E-state index contributed by atoms with van der Waals surface area (Å²) in [5, 5.41) is 3.31. The molecule has 1 aliphatic carbocycles. The second kappa shape index (κ2) is 5.72. The zero-order valence-corrected chi connectivity index (χ0v) is 10.2. The maximum atomic E-state index is 3.31. The topological polar surface area (TPSA) is 15.3 Å². The molecule has 1 aliphatic rings. The van der Waals surface area contributed by atoms with Crippen LogP contribution in [0.3, 0.4) is 0 Å². The molecule has 1 N–H and O–H groups in total. The molecule has 1 rings (SSSR count). The Bertz CT molecular complexity index is 152. The Labute approximate surface area is 89.1 Å². The van der Waals surface area contributed by atoms with Gasteiger partial charge in [-0.1, -0.05) is 13.8 Å². The lowest BCUT2D eigenvalue weighted by molar-refractivity contribution is 0.224. The van der Waals surface area contributed by atoms with Crippen LogP contribution < -0.4 is 5.32 Å². The van der Waals surface area contributed by atoms with Gasteiger partial charge in [0.25, 0.3) is 0 Å². The number of nitrogens with zero attached hydrogens (tertiary/aromatic N) is 1. The number of rotatable bonds is 7. The molecule has 0 radical (unpaired) electrons. The Kier molecular flexibility index (Phi) is 4.90. The van der Waals surface area contributed by atoms with Crippen molar-refractivity contribution in [2.45, 2.75) is 52.1 Å². The Morgan fingerprint density at radius 1 is 1.29 bits per heavy atom. The van der Waals surface area contributed by atoms with Crippen LogP contribution >= 0.6 is 0 Å². The number of hydrogen-bond donors (Lipinski definition) is 1. The first-order valence-electron chi connectivity index (χ1n) is 6.04. The Morgan fingerprint density at radius 2 is 1.93 bits per heavy atom. The molecule has 1 saturated carbocycles. The lowest BCUT2D eigenvalue weighted by Gasteiger charge is -2.25. The van der Waals surface area contributed by atoms with Crippen LogP contribution in [0, 0.1) is 5.92 Å². The van der Waals surface area contributed by atoms with Crippen LogP contribution in [0.2, 0.25) is 0 Å². The van der Waals surface area contributed by atoms with Crippen molar-refractivity contribution in [3.05, 3.63) is 0 Å². The zero-order valence-electron chi connectivity index (χ0n) is 10.2. The van der Waals surface area contributed by atoms with Gasteiger partial charge in [0, 0.05) is 18.6 Å². The summed E-state index contributed by atoms with van der Waals surface area (Å²) in [5.74, 6) is 0.806. The molecule has 0 amide bonds. The van der Waals surface area contributed by atoms with Crippen LogP contribution in [0.5, 0.6) is 0 Å². The fraction of sp³-hybridized carbons (Fsp3) is 1.00. The first-order chi connectivity index (χ1) is 6.63. The SMILES string of the molecule is CNC(C)CCN(CC(C)C)C1CC1. The summed E-state index contributed by atoms with van der Waals surface area (Å²) in [4.78, 5) is 2.68. The van der Waals surface area contributed by atoms with E-state index >= 15 is 0 Å². The zero-order chi connectivity index (χ0) is 10.6. The molecule has 0 spiro atoms. The van der Waals surface area contributed by atoms with Crippen molar-refractivity contribution in [1.29, 1.82) is 0 Å². The number of nitrogens with one attached hydrogen (secondary N) is 1. The van der Waals surface area contributed by atoms with Crippen LogP contribution in [0.25, 0.3) is 0 Å². The first-order valence-corrected chi connectivity index (χ1v) is 6.04. The number of hydrogen-bond acceptors (Lipinski definition) is 2. The molecule has 84 valence electrons. The summed E-state index contributed by atoms with van der Waals surface area (Å²) in [7, 11) is 2.05. The van der Waals surface area contributed by atoms with E-state index < -0.39 is 0 Å². The van der Waals surface area contributed by atoms with Crippen molar-refractivity contribution in [2.75, 3.05) is 20.1 Å². The normalized spacial score (nSPS) is 19.3. The highest BCUT2D eigenvalue weighted by atomic mass is 15.2. The van der Waals surface area contributed by atoms with Crippen molar-refractivity contribution in [3.8, 4) is 0 Å². The van der Waals surface area contributed by atoms with Gasteiger partial charge in [-0.25, -0.2) is 0 Å². The van der Waals surface area contributed by atoms with Crippen molar-refractivity contribution in [3.63, 3.8) is 0 Å². The lowest BCUT2D eigenvalue weighted by atomic mass is 10.1. The van der Waals surface area contributed by atoms with Gasteiger partial charge in [-0.2, -0.15) is 0 Å². The monoisotopic (exact) mass is 198 g/mol. The van der Waals surface area contributed by atoms with Crippen LogP contribution in [-0.4, -0.2) is 37.1 Å². The summed E-state index contributed by atoms with van der Waals surface area (Å²) >= 11 is 0. The fourth-order valence-electron chi connectivity index (χ4n) is 1.84. The fourth-order valence-corrected chi connectivity index (χ4v) is 1.84. The van der Waals surface area contributed by atoms with E-state index in [9.17, 15) is 0 Å².